The molecule has 1 aromatic rings. The number of hydrogen-bond donors (Lipinski definition) is 1. The average molecular weight is 191 g/mol. The summed E-state index contributed by atoms with van der Waals surface area (Å²) < 4.78 is 0. The van der Waals surface area contributed by atoms with Crippen molar-refractivity contribution < 1.29 is 0 Å². The van der Waals surface area contributed by atoms with E-state index in [1.54, 1.807) is 12.1 Å². The van der Waals surface area contributed by atoms with Gasteiger partial charge < -0.3 is 4.98 Å². The Hall–Kier alpha value is -1.57. The number of aromatic amines is 1. The highest BCUT2D eigenvalue weighted by Crippen LogP contribution is 2.12. The average Bonchev–Trinajstić information content (AvgIpc) is 2.20. The second-order valence-electron chi connectivity index (χ2n) is 2.64. The van der Waals surface area contributed by atoms with E-state index in [-0.39, 0.29) is 5.56 Å². The van der Waals surface area contributed by atoms with E-state index in [0.29, 0.717) is 0 Å². The van der Waals surface area contributed by atoms with Crippen LogP contribution in [0, 0.1) is 0 Å². The summed E-state index contributed by atoms with van der Waals surface area (Å²) in [4.78, 5) is 13.6. The Morgan fingerprint density at radius 2 is 2.00 bits per heavy atom. The van der Waals surface area contributed by atoms with E-state index in [0.717, 1.165) is 16.8 Å². The van der Waals surface area contributed by atoms with E-state index >= 15 is 0 Å². The van der Waals surface area contributed by atoms with E-state index in [1.165, 1.54) is 6.07 Å². The highest BCUT2D eigenvalue weighted by molar-refractivity contribution is 5.68. The van der Waals surface area contributed by atoms with E-state index < -0.39 is 0 Å². The van der Waals surface area contributed by atoms with Crippen LogP contribution in [0.5, 0.6) is 0 Å². The lowest BCUT2D eigenvalue weighted by Crippen LogP contribution is -2.07. The smallest absolute Gasteiger partial charge is 0.248 e. The number of pyridine rings is 1. The standard InChI is InChI=1S/C10H11NO.C2H6/c1-4-8-5-6-9(12)11-10(8)7(2)3;1-2/h4-6H,1-2H2,3H3,(H,11,12);1-2H3. The van der Waals surface area contributed by atoms with Gasteiger partial charge in [-0.1, -0.05) is 33.1 Å². The first-order chi connectivity index (χ1) is 6.65. The molecule has 76 valence electrons. The van der Waals surface area contributed by atoms with Crippen LogP contribution in [-0.2, 0) is 0 Å². The molecule has 0 aliphatic carbocycles. The Morgan fingerprint density at radius 1 is 1.43 bits per heavy atom. The molecule has 2 heteroatoms. The summed E-state index contributed by atoms with van der Waals surface area (Å²) in [6.07, 6.45) is 1.69. The van der Waals surface area contributed by atoms with Gasteiger partial charge in [0.15, 0.2) is 0 Å². The molecule has 1 rings (SSSR count). The normalized spacial score (nSPS) is 8.50. The van der Waals surface area contributed by atoms with Gasteiger partial charge in [0.25, 0.3) is 0 Å². The molecule has 0 fully saturated rings. The Kier molecular flexibility index (Phi) is 5.30. The third-order valence-corrected chi connectivity index (χ3v) is 1.60. The van der Waals surface area contributed by atoms with Crippen molar-refractivity contribution in [1.29, 1.82) is 0 Å². The van der Waals surface area contributed by atoms with Crippen molar-refractivity contribution in [2.24, 2.45) is 0 Å². The van der Waals surface area contributed by atoms with E-state index in [2.05, 4.69) is 18.1 Å². The summed E-state index contributed by atoms with van der Waals surface area (Å²) in [5, 5.41) is 0. The molecule has 0 spiro atoms. The van der Waals surface area contributed by atoms with Gasteiger partial charge in [0.2, 0.25) is 5.56 Å². The van der Waals surface area contributed by atoms with Crippen molar-refractivity contribution >= 4 is 11.6 Å². The monoisotopic (exact) mass is 191 g/mol. The van der Waals surface area contributed by atoms with Gasteiger partial charge in [0.05, 0.1) is 5.69 Å². The van der Waals surface area contributed by atoms with Gasteiger partial charge >= 0.3 is 0 Å². The Labute approximate surface area is 85.0 Å². The van der Waals surface area contributed by atoms with Crippen LogP contribution >= 0.6 is 0 Å². The fourth-order valence-electron chi connectivity index (χ4n) is 1.01. The van der Waals surface area contributed by atoms with Crippen molar-refractivity contribution in [2.45, 2.75) is 20.8 Å². The molecule has 0 amide bonds. The molecule has 0 unspecified atom stereocenters. The van der Waals surface area contributed by atoms with Crippen LogP contribution in [0.4, 0.5) is 0 Å². The van der Waals surface area contributed by atoms with Gasteiger partial charge in [-0.2, -0.15) is 0 Å². The SMILES string of the molecule is C=Cc1ccc(=O)[nH]c1C(=C)C.CC. The second kappa shape index (κ2) is 5.97. The Balaban J connectivity index is 0.000000791. The van der Waals surface area contributed by atoms with Crippen LogP contribution in [0.1, 0.15) is 32.0 Å². The van der Waals surface area contributed by atoms with E-state index in [9.17, 15) is 4.79 Å². The molecule has 0 aliphatic heterocycles. The third-order valence-electron chi connectivity index (χ3n) is 1.60. The molecule has 0 atom stereocenters. The van der Waals surface area contributed by atoms with Crippen LogP contribution in [0.15, 0.2) is 30.1 Å². The largest absolute Gasteiger partial charge is 0.322 e. The van der Waals surface area contributed by atoms with Crippen LogP contribution < -0.4 is 5.56 Å². The molecule has 0 aliphatic rings. The Morgan fingerprint density at radius 3 is 2.43 bits per heavy atom. The summed E-state index contributed by atoms with van der Waals surface area (Å²) in [7, 11) is 0. The fraction of sp³-hybridized carbons (Fsp3) is 0.250. The first kappa shape index (κ1) is 12.4. The van der Waals surface area contributed by atoms with Crippen molar-refractivity contribution in [3.8, 4) is 0 Å². The van der Waals surface area contributed by atoms with Crippen LogP contribution in [-0.4, -0.2) is 4.98 Å². The summed E-state index contributed by atoms with van der Waals surface area (Å²) in [6.45, 7) is 13.2. The van der Waals surface area contributed by atoms with Crippen LogP contribution in [0.25, 0.3) is 11.6 Å². The molecule has 0 radical (unpaired) electrons. The highest BCUT2D eigenvalue weighted by Gasteiger charge is 1.99. The van der Waals surface area contributed by atoms with Crippen molar-refractivity contribution in [1.82, 2.24) is 4.98 Å². The topological polar surface area (TPSA) is 32.9 Å². The van der Waals surface area contributed by atoms with Crippen LogP contribution in [0.3, 0.4) is 0 Å². The van der Waals surface area contributed by atoms with Gasteiger partial charge in [0, 0.05) is 6.07 Å². The van der Waals surface area contributed by atoms with Gasteiger partial charge in [-0.15, -0.1) is 0 Å². The predicted molar refractivity (Wildman–Crippen MR) is 63.2 cm³/mol. The molecule has 1 N–H and O–H groups in total. The molecule has 0 saturated heterocycles. The molecule has 0 saturated carbocycles. The van der Waals surface area contributed by atoms with Gasteiger partial charge in [0.1, 0.15) is 0 Å². The second-order valence-corrected chi connectivity index (χ2v) is 2.64. The lowest BCUT2D eigenvalue weighted by atomic mass is 10.1. The van der Waals surface area contributed by atoms with Crippen molar-refractivity contribution in [3.05, 3.63) is 46.9 Å². The summed E-state index contributed by atoms with van der Waals surface area (Å²) in [5.41, 5.74) is 2.39. The lowest BCUT2D eigenvalue weighted by Gasteiger charge is -2.03. The van der Waals surface area contributed by atoms with E-state index in [4.69, 9.17) is 0 Å². The quantitative estimate of drug-likeness (QED) is 0.765. The van der Waals surface area contributed by atoms with Gasteiger partial charge in [-0.25, -0.2) is 0 Å². The van der Waals surface area contributed by atoms with Crippen LogP contribution in [0.2, 0.25) is 0 Å². The number of nitrogens with one attached hydrogen (secondary N) is 1. The minimum atomic E-state index is -0.112. The van der Waals surface area contributed by atoms with Gasteiger partial charge in [-0.05, 0) is 24.1 Å². The van der Waals surface area contributed by atoms with Gasteiger partial charge in [-0.3, -0.25) is 4.79 Å². The highest BCUT2D eigenvalue weighted by atomic mass is 16.1. The summed E-state index contributed by atoms with van der Waals surface area (Å²) >= 11 is 0. The zero-order chi connectivity index (χ0) is 11.1. The number of rotatable bonds is 2. The van der Waals surface area contributed by atoms with Crippen molar-refractivity contribution in [3.63, 3.8) is 0 Å². The molecular weight excluding hydrogens is 174 g/mol. The molecule has 1 aromatic heterocycles. The lowest BCUT2D eigenvalue weighted by molar-refractivity contribution is 1.19. The van der Waals surface area contributed by atoms with Crippen molar-refractivity contribution in [2.75, 3.05) is 0 Å². The maximum absolute atomic E-state index is 10.9. The minimum absolute atomic E-state index is 0.112. The molecule has 1 heterocycles. The molecule has 14 heavy (non-hydrogen) atoms. The molecule has 0 aromatic carbocycles. The zero-order valence-corrected chi connectivity index (χ0v) is 9.05. The minimum Gasteiger partial charge on any atom is -0.322 e. The maximum atomic E-state index is 10.9. The van der Waals surface area contributed by atoms with E-state index in [1.807, 2.05) is 20.8 Å². The first-order valence-corrected chi connectivity index (χ1v) is 4.67. The number of hydrogen-bond acceptors (Lipinski definition) is 1. The maximum Gasteiger partial charge on any atom is 0.248 e. The number of allylic oxidation sites excluding steroid dienone is 1. The number of aromatic nitrogens is 1. The summed E-state index contributed by atoms with van der Waals surface area (Å²) in [5.74, 6) is 0. The first-order valence-electron chi connectivity index (χ1n) is 4.67. The molecule has 2 nitrogen and oxygen atoms in total. The zero-order valence-electron chi connectivity index (χ0n) is 9.05. The number of H-pyrrole nitrogens is 1. The Bertz CT molecular complexity index is 374. The molecule has 0 bridgehead atoms. The summed E-state index contributed by atoms with van der Waals surface area (Å²) in [6, 6.07) is 3.21. The third kappa shape index (κ3) is 3.05. The predicted octanol–water partition coefficient (Wildman–Crippen LogP) is 3.08. The fourth-order valence-corrected chi connectivity index (χ4v) is 1.01. The molecular formula is C12H17NO.